The number of aromatic nitrogens is 2. The van der Waals surface area contributed by atoms with Crippen LogP contribution in [-0.4, -0.2) is 24.7 Å². The Labute approximate surface area is 145 Å². The minimum Gasteiger partial charge on any atom is -0.268 e. The summed E-state index contributed by atoms with van der Waals surface area (Å²) in [7, 11) is -4.25. The second-order valence-electron chi connectivity index (χ2n) is 6.71. The lowest BCUT2D eigenvalue weighted by Crippen LogP contribution is -2.29. The second-order valence-corrected chi connectivity index (χ2v) is 8.42. The second kappa shape index (κ2) is 6.17. The van der Waals surface area contributed by atoms with E-state index < -0.39 is 26.6 Å². The van der Waals surface area contributed by atoms with Gasteiger partial charge in [-0.2, -0.15) is 5.10 Å². The Hall–Kier alpha value is -1.80. The topological polar surface area (TPSA) is 64.0 Å². The number of benzene rings is 1. The minimum absolute atomic E-state index is 0.0294. The van der Waals surface area contributed by atoms with Gasteiger partial charge in [-0.25, -0.2) is 21.9 Å². The fourth-order valence-electron chi connectivity index (χ4n) is 3.01. The van der Waals surface area contributed by atoms with Gasteiger partial charge in [-0.15, -0.1) is 0 Å². The lowest BCUT2D eigenvalue weighted by molar-refractivity contribution is 0.508. The van der Waals surface area contributed by atoms with Gasteiger partial charge in [0.05, 0.1) is 12.2 Å². The first-order valence-corrected chi connectivity index (χ1v) is 9.95. The van der Waals surface area contributed by atoms with Crippen LogP contribution < -0.4 is 4.72 Å². The number of nitrogens with zero attached hydrogens (tertiary/aromatic N) is 2. The van der Waals surface area contributed by atoms with Crippen LogP contribution >= 0.6 is 0 Å². The van der Waals surface area contributed by atoms with E-state index in [0.717, 1.165) is 55.3 Å². The highest BCUT2D eigenvalue weighted by Crippen LogP contribution is 2.44. The van der Waals surface area contributed by atoms with Crippen LogP contribution in [0.1, 0.15) is 48.9 Å². The normalized spacial score (nSPS) is 17.8. The third-order valence-electron chi connectivity index (χ3n) is 4.62. The van der Waals surface area contributed by atoms with Crippen molar-refractivity contribution < 1.29 is 17.2 Å². The first-order valence-electron chi connectivity index (χ1n) is 8.47. The molecule has 0 bridgehead atoms. The molecule has 2 aliphatic rings. The van der Waals surface area contributed by atoms with Gasteiger partial charge in [0.1, 0.15) is 11.6 Å². The Morgan fingerprint density at radius 2 is 1.76 bits per heavy atom. The van der Waals surface area contributed by atoms with Crippen molar-refractivity contribution in [3.63, 3.8) is 0 Å². The Morgan fingerprint density at radius 1 is 1.12 bits per heavy atom. The van der Waals surface area contributed by atoms with E-state index in [1.807, 2.05) is 4.68 Å². The van der Waals surface area contributed by atoms with Crippen LogP contribution in [0.5, 0.6) is 0 Å². The van der Waals surface area contributed by atoms with Gasteiger partial charge in [0.2, 0.25) is 10.0 Å². The maximum absolute atomic E-state index is 13.7. The Morgan fingerprint density at radius 3 is 2.36 bits per heavy atom. The standard InChI is InChI=1S/C17H19F2N3O2S/c18-13-2-1-3-14(19)17(13)25(23,24)20-8-9-22-16(12-6-7-12)10-15(21-22)11-4-5-11/h1-3,10-12,20H,4-9H2. The van der Waals surface area contributed by atoms with Gasteiger partial charge in [-0.3, -0.25) is 4.68 Å². The summed E-state index contributed by atoms with van der Waals surface area (Å²) in [6.45, 7) is 0.371. The van der Waals surface area contributed by atoms with Crippen LogP contribution in [-0.2, 0) is 16.6 Å². The quantitative estimate of drug-likeness (QED) is 0.818. The smallest absolute Gasteiger partial charge is 0.246 e. The Bertz CT molecular complexity index is 882. The molecule has 134 valence electrons. The van der Waals surface area contributed by atoms with Crippen molar-refractivity contribution in [1.29, 1.82) is 0 Å². The van der Waals surface area contributed by atoms with E-state index >= 15 is 0 Å². The van der Waals surface area contributed by atoms with Crippen LogP contribution in [0.25, 0.3) is 0 Å². The zero-order valence-electron chi connectivity index (χ0n) is 13.6. The molecule has 8 heteroatoms. The summed E-state index contributed by atoms with van der Waals surface area (Å²) in [5.41, 5.74) is 2.21. The van der Waals surface area contributed by atoms with E-state index in [1.165, 1.54) is 0 Å². The molecule has 0 spiro atoms. The van der Waals surface area contributed by atoms with Crippen molar-refractivity contribution in [3.05, 3.63) is 47.3 Å². The maximum Gasteiger partial charge on any atom is 0.246 e. The van der Waals surface area contributed by atoms with Crippen molar-refractivity contribution in [2.75, 3.05) is 6.54 Å². The Balaban J connectivity index is 1.47. The Kier molecular flexibility index (Phi) is 4.11. The highest BCUT2D eigenvalue weighted by molar-refractivity contribution is 7.89. The predicted molar refractivity (Wildman–Crippen MR) is 87.7 cm³/mol. The van der Waals surface area contributed by atoms with Crippen LogP contribution in [0.4, 0.5) is 8.78 Å². The molecule has 2 aromatic rings. The molecule has 5 nitrogen and oxygen atoms in total. The average molecular weight is 367 g/mol. The summed E-state index contributed by atoms with van der Waals surface area (Å²) in [6, 6.07) is 5.12. The molecular formula is C17H19F2N3O2S. The molecule has 1 heterocycles. The molecule has 0 atom stereocenters. The predicted octanol–water partition coefficient (Wildman–Crippen LogP) is 2.89. The molecule has 0 aliphatic heterocycles. The zero-order chi connectivity index (χ0) is 17.6. The van der Waals surface area contributed by atoms with E-state index in [-0.39, 0.29) is 6.54 Å². The largest absolute Gasteiger partial charge is 0.268 e. The molecule has 2 saturated carbocycles. The number of halogens is 2. The number of sulfonamides is 1. The molecule has 1 aromatic heterocycles. The fraction of sp³-hybridized carbons (Fsp3) is 0.471. The number of hydrogen-bond acceptors (Lipinski definition) is 3. The highest BCUT2D eigenvalue weighted by Gasteiger charge is 2.32. The molecule has 0 unspecified atom stereocenters. The highest BCUT2D eigenvalue weighted by atomic mass is 32.2. The lowest BCUT2D eigenvalue weighted by Gasteiger charge is -2.10. The fourth-order valence-corrected chi connectivity index (χ4v) is 4.17. The molecule has 1 aromatic carbocycles. The molecule has 25 heavy (non-hydrogen) atoms. The summed E-state index contributed by atoms with van der Waals surface area (Å²) in [5.74, 6) is -1.16. The zero-order valence-corrected chi connectivity index (χ0v) is 14.4. The number of nitrogens with one attached hydrogen (secondary N) is 1. The molecule has 1 N–H and O–H groups in total. The summed E-state index contributed by atoms with van der Waals surface area (Å²) in [4.78, 5) is -0.934. The average Bonchev–Trinajstić information content (AvgIpc) is 3.46. The van der Waals surface area contributed by atoms with Crippen LogP contribution in [0.2, 0.25) is 0 Å². The third-order valence-corrected chi connectivity index (χ3v) is 6.14. The summed E-state index contributed by atoms with van der Waals surface area (Å²) in [5, 5.41) is 4.59. The summed E-state index contributed by atoms with van der Waals surface area (Å²) in [6.07, 6.45) is 4.56. The SMILES string of the molecule is O=S(=O)(NCCn1nc(C2CC2)cc1C1CC1)c1c(F)cccc1F. The van der Waals surface area contributed by atoms with E-state index in [0.29, 0.717) is 18.4 Å². The van der Waals surface area contributed by atoms with Crippen molar-refractivity contribution in [1.82, 2.24) is 14.5 Å². The molecular weight excluding hydrogens is 348 g/mol. The van der Waals surface area contributed by atoms with Crippen molar-refractivity contribution in [2.24, 2.45) is 0 Å². The summed E-state index contributed by atoms with van der Waals surface area (Å²) >= 11 is 0. The molecule has 0 amide bonds. The first kappa shape index (κ1) is 16.7. The van der Waals surface area contributed by atoms with Gasteiger partial charge < -0.3 is 0 Å². The number of hydrogen-bond donors (Lipinski definition) is 1. The monoisotopic (exact) mass is 367 g/mol. The van der Waals surface area contributed by atoms with Crippen molar-refractivity contribution >= 4 is 10.0 Å². The van der Waals surface area contributed by atoms with Gasteiger partial charge in [0.15, 0.2) is 4.90 Å². The van der Waals surface area contributed by atoms with E-state index in [9.17, 15) is 17.2 Å². The minimum atomic E-state index is -4.25. The van der Waals surface area contributed by atoms with Gasteiger partial charge in [0, 0.05) is 24.1 Å². The number of rotatable bonds is 7. The summed E-state index contributed by atoms with van der Waals surface area (Å²) < 4.78 is 55.9. The molecule has 2 aliphatic carbocycles. The van der Waals surface area contributed by atoms with Gasteiger partial charge in [0.25, 0.3) is 0 Å². The van der Waals surface area contributed by atoms with E-state index in [4.69, 9.17) is 0 Å². The van der Waals surface area contributed by atoms with Gasteiger partial charge in [-0.1, -0.05) is 6.07 Å². The lowest BCUT2D eigenvalue weighted by atomic mass is 10.2. The van der Waals surface area contributed by atoms with E-state index in [2.05, 4.69) is 15.9 Å². The first-order chi connectivity index (χ1) is 12.0. The molecule has 0 radical (unpaired) electrons. The van der Waals surface area contributed by atoms with Crippen molar-refractivity contribution in [3.8, 4) is 0 Å². The van der Waals surface area contributed by atoms with Crippen LogP contribution in [0, 0.1) is 11.6 Å². The molecule has 0 saturated heterocycles. The van der Waals surface area contributed by atoms with Crippen molar-refractivity contribution in [2.45, 2.75) is 49.0 Å². The van der Waals surface area contributed by atoms with E-state index in [1.54, 1.807) is 0 Å². The van der Waals surface area contributed by atoms with Crippen LogP contribution in [0.15, 0.2) is 29.2 Å². The molecule has 2 fully saturated rings. The molecule has 4 rings (SSSR count). The van der Waals surface area contributed by atoms with Crippen LogP contribution in [0.3, 0.4) is 0 Å². The third kappa shape index (κ3) is 3.46. The van der Waals surface area contributed by atoms with Gasteiger partial charge in [-0.05, 0) is 43.9 Å². The maximum atomic E-state index is 13.7. The van der Waals surface area contributed by atoms with Gasteiger partial charge >= 0.3 is 0 Å².